The van der Waals surface area contributed by atoms with Crippen molar-refractivity contribution in [3.05, 3.63) is 17.4 Å². The lowest BCUT2D eigenvalue weighted by Gasteiger charge is -2.15. The standard InChI is InChI=1S/C9H10ClN3O2/c10-8-2-7(3-11-12-8)13-4-6(5-14)1-9(13)15/h2-3,6,14H,1,4-5H2. The first kappa shape index (κ1) is 10.3. The van der Waals surface area contributed by atoms with E-state index < -0.39 is 0 Å². The molecular weight excluding hydrogens is 218 g/mol. The van der Waals surface area contributed by atoms with Crippen LogP contribution in [0.15, 0.2) is 12.3 Å². The van der Waals surface area contributed by atoms with Gasteiger partial charge in [-0.2, -0.15) is 5.10 Å². The number of carbonyl (C=O) groups is 1. The second-order valence-electron chi connectivity index (χ2n) is 3.49. The summed E-state index contributed by atoms with van der Waals surface area (Å²) in [6.07, 6.45) is 1.86. The average Bonchev–Trinajstić information content (AvgIpc) is 2.60. The van der Waals surface area contributed by atoms with Gasteiger partial charge >= 0.3 is 0 Å². The van der Waals surface area contributed by atoms with Gasteiger partial charge in [0.05, 0.1) is 11.9 Å². The number of halogens is 1. The molecule has 0 aliphatic carbocycles. The minimum Gasteiger partial charge on any atom is -0.396 e. The molecular formula is C9H10ClN3O2. The maximum absolute atomic E-state index is 11.6. The number of anilines is 1. The SMILES string of the molecule is O=C1CC(CO)CN1c1cnnc(Cl)c1. The molecule has 1 fully saturated rings. The number of amides is 1. The Bertz CT molecular complexity index is 385. The van der Waals surface area contributed by atoms with Crippen molar-refractivity contribution in [1.29, 1.82) is 0 Å². The molecule has 0 aromatic carbocycles. The first-order chi connectivity index (χ1) is 7.20. The van der Waals surface area contributed by atoms with E-state index in [9.17, 15) is 4.79 Å². The van der Waals surface area contributed by atoms with Crippen LogP contribution in [0.3, 0.4) is 0 Å². The van der Waals surface area contributed by atoms with E-state index in [2.05, 4.69) is 10.2 Å². The molecule has 2 rings (SSSR count). The molecule has 1 atom stereocenters. The molecule has 1 aliphatic rings. The summed E-state index contributed by atoms with van der Waals surface area (Å²) in [6, 6.07) is 1.59. The molecule has 0 spiro atoms. The van der Waals surface area contributed by atoms with Gasteiger partial charge in [-0.25, -0.2) is 0 Å². The van der Waals surface area contributed by atoms with Crippen LogP contribution in [0, 0.1) is 5.92 Å². The third-order valence-electron chi connectivity index (χ3n) is 2.39. The van der Waals surface area contributed by atoms with E-state index in [1.807, 2.05) is 0 Å². The van der Waals surface area contributed by atoms with Gasteiger partial charge < -0.3 is 10.0 Å². The van der Waals surface area contributed by atoms with E-state index in [1.54, 1.807) is 11.0 Å². The molecule has 0 saturated carbocycles. The zero-order valence-electron chi connectivity index (χ0n) is 7.93. The molecule has 0 radical (unpaired) electrons. The molecule has 1 aliphatic heterocycles. The Balaban J connectivity index is 2.21. The van der Waals surface area contributed by atoms with Crippen LogP contribution in [0.25, 0.3) is 0 Å². The molecule has 1 saturated heterocycles. The van der Waals surface area contributed by atoms with Crippen LogP contribution in [0.5, 0.6) is 0 Å². The second kappa shape index (κ2) is 4.12. The Hall–Kier alpha value is -1.20. The number of hydrogen-bond donors (Lipinski definition) is 1. The fourth-order valence-electron chi connectivity index (χ4n) is 1.63. The summed E-state index contributed by atoms with van der Waals surface area (Å²) in [5, 5.41) is 16.5. The summed E-state index contributed by atoms with van der Waals surface area (Å²) in [7, 11) is 0. The highest BCUT2D eigenvalue weighted by molar-refractivity contribution is 6.29. The number of carbonyl (C=O) groups excluding carboxylic acids is 1. The summed E-state index contributed by atoms with van der Waals surface area (Å²) < 4.78 is 0. The van der Waals surface area contributed by atoms with E-state index >= 15 is 0 Å². The number of aromatic nitrogens is 2. The van der Waals surface area contributed by atoms with Gasteiger partial charge in [-0.1, -0.05) is 11.6 Å². The number of nitrogens with zero attached hydrogens (tertiary/aromatic N) is 3. The van der Waals surface area contributed by atoms with Crippen molar-refractivity contribution < 1.29 is 9.90 Å². The lowest BCUT2D eigenvalue weighted by atomic mass is 10.1. The Morgan fingerprint density at radius 2 is 2.47 bits per heavy atom. The predicted molar refractivity (Wildman–Crippen MR) is 54.6 cm³/mol. The highest BCUT2D eigenvalue weighted by Crippen LogP contribution is 2.25. The molecule has 80 valence electrons. The van der Waals surface area contributed by atoms with Gasteiger partial charge in [0.2, 0.25) is 5.91 Å². The summed E-state index contributed by atoms with van der Waals surface area (Å²) in [6.45, 7) is 0.534. The Morgan fingerprint density at radius 3 is 3.07 bits per heavy atom. The lowest BCUT2D eigenvalue weighted by molar-refractivity contribution is -0.117. The largest absolute Gasteiger partial charge is 0.396 e. The van der Waals surface area contributed by atoms with Crippen molar-refractivity contribution in [2.24, 2.45) is 5.92 Å². The predicted octanol–water partition coefficient (Wildman–Crippen LogP) is 0.475. The molecule has 5 nitrogen and oxygen atoms in total. The third-order valence-corrected chi connectivity index (χ3v) is 2.57. The van der Waals surface area contributed by atoms with Crippen LogP contribution in [0.4, 0.5) is 5.69 Å². The third kappa shape index (κ3) is 2.08. The fraction of sp³-hybridized carbons (Fsp3) is 0.444. The number of rotatable bonds is 2. The molecule has 2 heterocycles. The van der Waals surface area contributed by atoms with Gasteiger partial charge in [-0.15, -0.1) is 5.10 Å². The molecule has 0 bridgehead atoms. The van der Waals surface area contributed by atoms with Crippen LogP contribution < -0.4 is 4.90 Å². The zero-order chi connectivity index (χ0) is 10.8. The first-order valence-corrected chi connectivity index (χ1v) is 4.98. The highest BCUT2D eigenvalue weighted by atomic mass is 35.5. The number of aliphatic hydroxyl groups is 1. The average molecular weight is 228 g/mol. The second-order valence-corrected chi connectivity index (χ2v) is 3.88. The zero-order valence-corrected chi connectivity index (χ0v) is 8.68. The minimum atomic E-state index is -0.0156. The Labute approximate surface area is 91.7 Å². The van der Waals surface area contributed by atoms with E-state index in [1.165, 1.54) is 6.20 Å². The van der Waals surface area contributed by atoms with Crippen molar-refractivity contribution in [1.82, 2.24) is 10.2 Å². The van der Waals surface area contributed by atoms with Crippen LogP contribution in [0.2, 0.25) is 5.15 Å². The molecule has 1 N–H and O–H groups in total. The molecule has 1 aromatic heterocycles. The molecule has 15 heavy (non-hydrogen) atoms. The van der Waals surface area contributed by atoms with Gasteiger partial charge in [0.15, 0.2) is 5.15 Å². The summed E-state index contributed by atoms with van der Waals surface area (Å²) in [5.74, 6) is -0.0115. The molecule has 1 amide bonds. The van der Waals surface area contributed by atoms with E-state index in [0.717, 1.165) is 0 Å². The summed E-state index contributed by atoms with van der Waals surface area (Å²) >= 11 is 5.68. The van der Waals surface area contributed by atoms with E-state index in [-0.39, 0.29) is 23.6 Å². The number of hydrogen-bond acceptors (Lipinski definition) is 4. The van der Waals surface area contributed by atoms with Gasteiger partial charge in [-0.05, 0) is 0 Å². The van der Waals surface area contributed by atoms with Crippen LogP contribution in [0.1, 0.15) is 6.42 Å². The summed E-state index contributed by atoms with van der Waals surface area (Å²) in [5.41, 5.74) is 0.635. The minimum absolute atomic E-state index is 0.00411. The van der Waals surface area contributed by atoms with Crippen molar-refractivity contribution >= 4 is 23.2 Å². The van der Waals surface area contributed by atoms with Crippen LogP contribution in [-0.2, 0) is 4.79 Å². The Kier molecular flexibility index (Phi) is 2.83. The lowest BCUT2D eigenvalue weighted by Crippen LogP contribution is -2.25. The monoisotopic (exact) mass is 227 g/mol. The van der Waals surface area contributed by atoms with Gasteiger partial charge in [0.25, 0.3) is 0 Å². The fourth-order valence-corrected chi connectivity index (χ4v) is 1.79. The van der Waals surface area contributed by atoms with Gasteiger partial charge in [-0.3, -0.25) is 4.79 Å². The highest BCUT2D eigenvalue weighted by Gasteiger charge is 2.30. The van der Waals surface area contributed by atoms with Crippen LogP contribution in [-0.4, -0.2) is 34.4 Å². The molecule has 1 aromatic rings. The quantitative estimate of drug-likeness (QED) is 0.798. The smallest absolute Gasteiger partial charge is 0.227 e. The topological polar surface area (TPSA) is 66.3 Å². The molecule has 6 heteroatoms. The Morgan fingerprint density at radius 1 is 1.67 bits per heavy atom. The van der Waals surface area contributed by atoms with Crippen molar-refractivity contribution in [3.8, 4) is 0 Å². The van der Waals surface area contributed by atoms with Crippen molar-refractivity contribution in [2.75, 3.05) is 18.1 Å². The van der Waals surface area contributed by atoms with E-state index in [4.69, 9.17) is 16.7 Å². The normalized spacial score (nSPS) is 21.1. The van der Waals surface area contributed by atoms with E-state index in [0.29, 0.717) is 18.7 Å². The van der Waals surface area contributed by atoms with Gasteiger partial charge in [0.1, 0.15) is 0 Å². The maximum Gasteiger partial charge on any atom is 0.227 e. The van der Waals surface area contributed by atoms with Crippen molar-refractivity contribution in [2.45, 2.75) is 6.42 Å². The molecule has 1 unspecified atom stereocenters. The maximum atomic E-state index is 11.6. The van der Waals surface area contributed by atoms with Crippen LogP contribution >= 0.6 is 11.6 Å². The number of aliphatic hydroxyl groups excluding tert-OH is 1. The van der Waals surface area contributed by atoms with Crippen molar-refractivity contribution in [3.63, 3.8) is 0 Å². The van der Waals surface area contributed by atoms with Gasteiger partial charge in [0, 0.05) is 31.6 Å². The summed E-state index contributed by atoms with van der Waals surface area (Å²) in [4.78, 5) is 13.1. The first-order valence-electron chi connectivity index (χ1n) is 4.60.